The summed E-state index contributed by atoms with van der Waals surface area (Å²) in [5.74, 6) is -0.240. The van der Waals surface area contributed by atoms with Crippen molar-refractivity contribution in [3.63, 3.8) is 0 Å². The molecule has 6 nitrogen and oxygen atoms in total. The van der Waals surface area contributed by atoms with E-state index in [0.29, 0.717) is 38.0 Å². The molecule has 27 heavy (non-hydrogen) atoms. The lowest BCUT2D eigenvalue weighted by atomic mass is 9.91. The molecule has 2 aromatic rings. The Hall–Kier alpha value is -2.29. The minimum atomic E-state index is -4.25. The lowest BCUT2D eigenvalue weighted by Crippen LogP contribution is -2.40. The first-order chi connectivity index (χ1) is 12.8. The minimum absolute atomic E-state index is 0.240. The van der Waals surface area contributed by atoms with Crippen molar-refractivity contribution in [1.82, 2.24) is 20.0 Å². The number of aromatic nitrogens is 2. The number of alkyl halides is 3. The number of nitrogens with one attached hydrogen (secondary N) is 1. The Bertz CT molecular complexity index is 783. The summed E-state index contributed by atoms with van der Waals surface area (Å²) in [5.41, 5.74) is 2.89. The number of fused-ring (bicyclic) bond motifs is 1. The molecule has 0 unspecified atom stereocenters. The van der Waals surface area contributed by atoms with Gasteiger partial charge in [-0.25, -0.2) is 0 Å². The Morgan fingerprint density at radius 1 is 1.48 bits per heavy atom. The van der Waals surface area contributed by atoms with Gasteiger partial charge in [0.25, 0.3) is 5.91 Å². The number of hydrogen-bond donors (Lipinski definition) is 1. The summed E-state index contributed by atoms with van der Waals surface area (Å²) in [7, 11) is 1.68. The van der Waals surface area contributed by atoms with Crippen molar-refractivity contribution in [2.75, 3.05) is 13.6 Å². The molecule has 1 amide bonds. The average molecular weight is 384 g/mol. The Kier molecular flexibility index (Phi) is 5.59. The van der Waals surface area contributed by atoms with Gasteiger partial charge >= 0.3 is 6.18 Å². The van der Waals surface area contributed by atoms with E-state index in [4.69, 9.17) is 4.42 Å². The van der Waals surface area contributed by atoms with Crippen molar-refractivity contribution in [3.8, 4) is 0 Å². The zero-order valence-electron chi connectivity index (χ0n) is 15.3. The molecular formula is C18H23F3N4O2. The molecule has 0 aliphatic heterocycles. The summed E-state index contributed by atoms with van der Waals surface area (Å²) in [6.07, 6.45) is 0.417. The first-order valence-corrected chi connectivity index (χ1v) is 8.93. The van der Waals surface area contributed by atoms with E-state index in [1.807, 2.05) is 6.92 Å². The standard InChI is InChI=1S/C18H23F3N4O2/c1-3-25-15-5-4-13(22-11-18(19,20)21)8-14(15)16(23-25)17(26)24(2)9-12-6-7-27-10-12/h6-7,10,13,22H,3-5,8-9,11H2,1-2H3/t13-/m0/s1. The van der Waals surface area contributed by atoms with Gasteiger partial charge in [0, 0.05) is 43.0 Å². The van der Waals surface area contributed by atoms with Crippen LogP contribution in [0.15, 0.2) is 23.0 Å². The molecule has 0 aromatic carbocycles. The number of rotatable bonds is 6. The largest absolute Gasteiger partial charge is 0.472 e. The van der Waals surface area contributed by atoms with Crippen LogP contribution in [0.1, 0.15) is 40.7 Å². The summed E-state index contributed by atoms with van der Waals surface area (Å²) in [6.45, 7) is 1.89. The Morgan fingerprint density at radius 2 is 2.26 bits per heavy atom. The van der Waals surface area contributed by atoms with Crippen molar-refractivity contribution < 1.29 is 22.4 Å². The molecule has 9 heteroatoms. The smallest absolute Gasteiger partial charge is 0.401 e. The Balaban J connectivity index is 1.78. The van der Waals surface area contributed by atoms with E-state index in [0.717, 1.165) is 16.8 Å². The van der Waals surface area contributed by atoms with Crippen molar-refractivity contribution in [2.45, 2.75) is 51.5 Å². The number of carbonyl (C=O) groups excluding carboxylic acids is 1. The molecule has 0 bridgehead atoms. The number of amides is 1. The van der Waals surface area contributed by atoms with E-state index >= 15 is 0 Å². The summed E-state index contributed by atoms with van der Waals surface area (Å²) >= 11 is 0. The minimum Gasteiger partial charge on any atom is -0.472 e. The van der Waals surface area contributed by atoms with Crippen molar-refractivity contribution in [3.05, 3.63) is 41.1 Å². The van der Waals surface area contributed by atoms with Gasteiger partial charge in [-0.15, -0.1) is 0 Å². The fraction of sp³-hybridized carbons (Fsp3) is 0.556. The molecule has 148 valence electrons. The second kappa shape index (κ2) is 7.75. The first-order valence-electron chi connectivity index (χ1n) is 8.93. The van der Waals surface area contributed by atoms with Crippen LogP contribution in [0.25, 0.3) is 0 Å². The zero-order valence-corrected chi connectivity index (χ0v) is 15.3. The molecule has 0 spiro atoms. The highest BCUT2D eigenvalue weighted by Crippen LogP contribution is 2.27. The number of hydrogen-bond acceptors (Lipinski definition) is 4. The molecule has 1 atom stereocenters. The average Bonchev–Trinajstić information content (AvgIpc) is 3.25. The molecule has 2 heterocycles. The maximum atomic E-state index is 12.9. The zero-order chi connectivity index (χ0) is 19.6. The molecule has 3 rings (SSSR count). The quantitative estimate of drug-likeness (QED) is 0.832. The van der Waals surface area contributed by atoms with Crippen LogP contribution in [0.5, 0.6) is 0 Å². The molecule has 1 aliphatic carbocycles. The third-order valence-electron chi connectivity index (χ3n) is 4.79. The molecule has 1 aliphatic rings. The second-order valence-corrected chi connectivity index (χ2v) is 6.82. The summed E-state index contributed by atoms with van der Waals surface area (Å²) < 4.78 is 44.3. The SMILES string of the molecule is CCn1nc(C(=O)N(C)Cc2ccoc2)c2c1CC[C@H](NCC(F)(F)F)C2. The maximum absolute atomic E-state index is 12.9. The number of aryl methyl sites for hydroxylation is 1. The molecule has 0 saturated carbocycles. The fourth-order valence-corrected chi connectivity index (χ4v) is 3.46. The highest BCUT2D eigenvalue weighted by Gasteiger charge is 2.33. The van der Waals surface area contributed by atoms with Gasteiger partial charge in [-0.1, -0.05) is 0 Å². The summed E-state index contributed by atoms with van der Waals surface area (Å²) in [5, 5.41) is 7.02. The van der Waals surface area contributed by atoms with Crippen LogP contribution < -0.4 is 5.32 Å². The van der Waals surface area contributed by atoms with Crippen LogP contribution in [-0.2, 0) is 25.9 Å². The van der Waals surface area contributed by atoms with Crippen LogP contribution in [0, 0.1) is 0 Å². The summed E-state index contributed by atoms with van der Waals surface area (Å²) in [4.78, 5) is 14.5. The monoisotopic (exact) mass is 384 g/mol. The Morgan fingerprint density at radius 3 is 2.89 bits per heavy atom. The van der Waals surface area contributed by atoms with Gasteiger partial charge in [-0.3, -0.25) is 9.48 Å². The van der Waals surface area contributed by atoms with Gasteiger partial charge in [0.15, 0.2) is 5.69 Å². The predicted octanol–water partition coefficient (Wildman–Crippen LogP) is 2.78. The normalized spacial score (nSPS) is 17.0. The third kappa shape index (κ3) is 4.52. The number of nitrogens with zero attached hydrogens (tertiary/aromatic N) is 3. The number of halogens is 3. The van der Waals surface area contributed by atoms with Crippen molar-refractivity contribution >= 4 is 5.91 Å². The molecule has 1 N–H and O–H groups in total. The van der Waals surface area contributed by atoms with Gasteiger partial charge in [-0.05, 0) is 32.3 Å². The lowest BCUT2D eigenvalue weighted by Gasteiger charge is -2.25. The van der Waals surface area contributed by atoms with E-state index in [9.17, 15) is 18.0 Å². The topological polar surface area (TPSA) is 63.3 Å². The van der Waals surface area contributed by atoms with Crippen LogP contribution in [0.3, 0.4) is 0 Å². The highest BCUT2D eigenvalue weighted by molar-refractivity contribution is 5.94. The molecule has 0 fully saturated rings. The van der Waals surface area contributed by atoms with Gasteiger partial charge < -0.3 is 14.6 Å². The molecule has 0 radical (unpaired) electrons. The van der Waals surface area contributed by atoms with E-state index in [1.54, 1.807) is 29.0 Å². The lowest BCUT2D eigenvalue weighted by molar-refractivity contribution is -0.126. The number of furan rings is 1. The second-order valence-electron chi connectivity index (χ2n) is 6.82. The van der Waals surface area contributed by atoms with E-state index in [-0.39, 0.29) is 11.9 Å². The van der Waals surface area contributed by atoms with E-state index in [2.05, 4.69) is 10.4 Å². The van der Waals surface area contributed by atoms with Crippen molar-refractivity contribution in [2.24, 2.45) is 0 Å². The van der Waals surface area contributed by atoms with Crippen LogP contribution in [-0.4, -0.2) is 46.4 Å². The van der Waals surface area contributed by atoms with Crippen LogP contribution in [0.2, 0.25) is 0 Å². The third-order valence-corrected chi connectivity index (χ3v) is 4.79. The highest BCUT2D eigenvalue weighted by atomic mass is 19.4. The molecule has 0 saturated heterocycles. The maximum Gasteiger partial charge on any atom is 0.401 e. The van der Waals surface area contributed by atoms with E-state index in [1.165, 1.54) is 6.26 Å². The fourth-order valence-electron chi connectivity index (χ4n) is 3.46. The predicted molar refractivity (Wildman–Crippen MR) is 92.3 cm³/mol. The van der Waals surface area contributed by atoms with Crippen LogP contribution in [0.4, 0.5) is 13.2 Å². The van der Waals surface area contributed by atoms with Gasteiger partial charge in [-0.2, -0.15) is 18.3 Å². The van der Waals surface area contributed by atoms with E-state index < -0.39 is 12.7 Å². The van der Waals surface area contributed by atoms with Crippen molar-refractivity contribution in [1.29, 1.82) is 0 Å². The van der Waals surface area contributed by atoms with Gasteiger partial charge in [0.1, 0.15) is 0 Å². The van der Waals surface area contributed by atoms with Gasteiger partial charge in [0.2, 0.25) is 0 Å². The molecule has 2 aromatic heterocycles. The first kappa shape index (κ1) is 19.5. The van der Waals surface area contributed by atoms with Crippen LogP contribution >= 0.6 is 0 Å². The number of carbonyl (C=O) groups is 1. The molecular weight excluding hydrogens is 361 g/mol. The summed E-state index contributed by atoms with van der Waals surface area (Å²) in [6, 6.07) is 1.46. The Labute approximate surface area is 155 Å². The van der Waals surface area contributed by atoms with Gasteiger partial charge in [0.05, 0.1) is 19.1 Å².